The number of urea groups is 1. The van der Waals surface area contributed by atoms with Crippen LogP contribution in [-0.2, 0) is 0 Å². The molecule has 1 atom stereocenters. The van der Waals surface area contributed by atoms with Gasteiger partial charge in [-0.1, -0.05) is 53.4 Å². The van der Waals surface area contributed by atoms with Crippen molar-refractivity contribution in [2.24, 2.45) is 5.92 Å². The average molecular weight is 479 g/mol. The van der Waals surface area contributed by atoms with E-state index in [1.807, 2.05) is 43.0 Å². The fourth-order valence-corrected chi connectivity index (χ4v) is 4.55. The summed E-state index contributed by atoms with van der Waals surface area (Å²) in [5, 5.41) is -0.102. The van der Waals surface area contributed by atoms with E-state index in [0.29, 0.717) is 30.3 Å². The van der Waals surface area contributed by atoms with Crippen LogP contribution in [0.1, 0.15) is 29.3 Å². The monoisotopic (exact) mass is 478 g/mol. The van der Waals surface area contributed by atoms with Crippen molar-refractivity contribution in [1.82, 2.24) is 20.1 Å². The summed E-state index contributed by atoms with van der Waals surface area (Å²) in [5.74, 6) is -0.307. The number of carbonyl (C=O) groups is 2. The van der Waals surface area contributed by atoms with E-state index in [-0.39, 0.29) is 16.6 Å². The lowest BCUT2D eigenvalue weighted by Crippen LogP contribution is -2.39. The van der Waals surface area contributed by atoms with Gasteiger partial charge in [0.15, 0.2) is 5.82 Å². The number of hydrazine groups is 1. The van der Waals surface area contributed by atoms with Crippen molar-refractivity contribution in [2.45, 2.75) is 20.3 Å². The van der Waals surface area contributed by atoms with Crippen molar-refractivity contribution < 1.29 is 14.0 Å². The molecule has 0 spiro atoms. The van der Waals surface area contributed by atoms with Gasteiger partial charge in [0.05, 0.1) is 10.6 Å². The zero-order chi connectivity index (χ0) is 23.3. The fourth-order valence-electron chi connectivity index (χ4n) is 3.57. The summed E-state index contributed by atoms with van der Waals surface area (Å²) in [6, 6.07) is 10.8. The molecule has 2 N–H and O–H groups in total. The number of hydrogen-bond donors (Lipinski definition) is 2. The van der Waals surface area contributed by atoms with Crippen LogP contribution in [0.2, 0.25) is 5.02 Å². The van der Waals surface area contributed by atoms with Crippen LogP contribution in [0.5, 0.6) is 0 Å². The molecule has 6 nitrogen and oxygen atoms in total. The minimum Gasteiger partial charge on any atom is -0.328 e. The Morgan fingerprint density at radius 1 is 1.28 bits per heavy atom. The molecule has 0 aliphatic carbocycles. The highest BCUT2D eigenvalue weighted by atomic mass is 35.5. The van der Waals surface area contributed by atoms with Crippen molar-refractivity contribution in [3.05, 3.63) is 58.4 Å². The first-order chi connectivity index (χ1) is 15.3. The maximum Gasteiger partial charge on any atom is 0.319 e. The lowest BCUT2D eigenvalue weighted by molar-refractivity contribution is 0.0943. The highest BCUT2D eigenvalue weighted by Gasteiger charge is 2.27. The zero-order valence-corrected chi connectivity index (χ0v) is 20.0. The molecule has 2 aromatic rings. The van der Waals surface area contributed by atoms with E-state index in [9.17, 15) is 14.0 Å². The van der Waals surface area contributed by atoms with Gasteiger partial charge in [-0.05, 0) is 49.4 Å². The number of nitrogens with one attached hydrogen (secondary N) is 2. The second-order valence-electron chi connectivity index (χ2n) is 7.95. The third kappa shape index (κ3) is 5.94. The standard InChI is InChI=1S/C23H28ClFN4O2S/c1-4-28(3)23(31)29-9-8-16(13-29)14-32-27-26-22(30)19-11-18(12-20(24)21(19)25)17-7-5-6-15(2)10-17/h5-7,10-12,16,27H,4,8-9,13-14H2,1-3H3,(H,26,30). The Balaban J connectivity index is 1.54. The van der Waals surface area contributed by atoms with E-state index in [2.05, 4.69) is 10.3 Å². The van der Waals surface area contributed by atoms with Crippen molar-refractivity contribution >= 4 is 35.5 Å². The van der Waals surface area contributed by atoms with Crippen molar-refractivity contribution in [2.75, 3.05) is 32.4 Å². The van der Waals surface area contributed by atoms with Gasteiger partial charge in [0, 0.05) is 32.4 Å². The normalized spacial score (nSPS) is 15.7. The van der Waals surface area contributed by atoms with Gasteiger partial charge < -0.3 is 9.80 Å². The molecule has 1 heterocycles. The second-order valence-corrected chi connectivity index (χ2v) is 9.19. The second kappa shape index (κ2) is 11.0. The highest BCUT2D eigenvalue weighted by molar-refractivity contribution is 7.97. The van der Waals surface area contributed by atoms with Crippen LogP contribution in [0, 0.1) is 18.7 Å². The Labute approximate surface area is 197 Å². The number of likely N-dealkylation sites (tertiary alicyclic amines) is 1. The largest absolute Gasteiger partial charge is 0.328 e. The molecular formula is C23H28ClFN4O2S. The molecule has 0 saturated carbocycles. The van der Waals surface area contributed by atoms with E-state index in [1.165, 1.54) is 24.1 Å². The van der Waals surface area contributed by atoms with E-state index >= 15 is 0 Å². The van der Waals surface area contributed by atoms with Crippen molar-refractivity contribution in [3.63, 3.8) is 0 Å². The van der Waals surface area contributed by atoms with Crippen LogP contribution < -0.4 is 10.3 Å². The molecule has 0 aromatic heterocycles. The molecule has 3 rings (SSSR count). The van der Waals surface area contributed by atoms with Gasteiger partial charge in [0.1, 0.15) is 0 Å². The molecule has 0 radical (unpaired) electrons. The summed E-state index contributed by atoms with van der Waals surface area (Å²) >= 11 is 7.38. The van der Waals surface area contributed by atoms with Gasteiger partial charge in [-0.25, -0.2) is 9.18 Å². The number of aryl methyl sites for hydroxylation is 1. The van der Waals surface area contributed by atoms with Crippen LogP contribution in [0.15, 0.2) is 36.4 Å². The Morgan fingerprint density at radius 2 is 2.06 bits per heavy atom. The Bertz CT molecular complexity index is 990. The molecule has 172 valence electrons. The Morgan fingerprint density at radius 3 is 2.78 bits per heavy atom. The SMILES string of the molecule is CCN(C)C(=O)N1CCC(CSNNC(=O)c2cc(-c3cccc(C)c3)cc(Cl)c2F)C1. The summed E-state index contributed by atoms with van der Waals surface area (Å²) in [7, 11) is 1.79. The molecule has 0 bridgehead atoms. The van der Waals surface area contributed by atoms with E-state index in [0.717, 1.165) is 24.1 Å². The van der Waals surface area contributed by atoms with Gasteiger partial charge in [0.25, 0.3) is 5.91 Å². The molecule has 32 heavy (non-hydrogen) atoms. The molecule has 9 heteroatoms. The minimum absolute atomic E-state index is 0.0436. The molecule has 1 aliphatic rings. The summed E-state index contributed by atoms with van der Waals surface area (Å²) in [6.45, 7) is 6.00. The summed E-state index contributed by atoms with van der Waals surface area (Å²) < 4.78 is 14.5. The first kappa shape index (κ1) is 24.4. The van der Waals surface area contributed by atoms with E-state index in [1.54, 1.807) is 11.9 Å². The zero-order valence-electron chi connectivity index (χ0n) is 18.5. The molecule has 1 fully saturated rings. The third-order valence-electron chi connectivity index (χ3n) is 5.54. The number of carbonyl (C=O) groups excluding carboxylic acids is 2. The van der Waals surface area contributed by atoms with E-state index < -0.39 is 11.7 Å². The number of rotatable bonds is 7. The first-order valence-electron chi connectivity index (χ1n) is 10.5. The summed E-state index contributed by atoms with van der Waals surface area (Å²) in [6.07, 6.45) is 0.911. The van der Waals surface area contributed by atoms with Gasteiger partial charge in [-0.3, -0.25) is 10.2 Å². The number of halogens is 2. The van der Waals surface area contributed by atoms with Crippen LogP contribution >= 0.6 is 23.5 Å². The van der Waals surface area contributed by atoms with Crippen LogP contribution in [-0.4, -0.2) is 54.2 Å². The Hall–Kier alpha value is -2.29. The fraction of sp³-hybridized carbons (Fsp3) is 0.391. The van der Waals surface area contributed by atoms with E-state index in [4.69, 9.17) is 11.6 Å². The minimum atomic E-state index is -0.752. The average Bonchev–Trinajstić information content (AvgIpc) is 3.26. The Kier molecular flexibility index (Phi) is 8.39. The smallest absolute Gasteiger partial charge is 0.319 e. The quantitative estimate of drug-likeness (QED) is 0.343. The maximum absolute atomic E-state index is 14.5. The third-order valence-corrected chi connectivity index (χ3v) is 6.70. The van der Waals surface area contributed by atoms with Crippen LogP contribution in [0.3, 0.4) is 0 Å². The number of hydrogen-bond acceptors (Lipinski definition) is 4. The van der Waals surface area contributed by atoms with Gasteiger partial charge in [-0.15, -0.1) is 0 Å². The predicted octanol–water partition coefficient (Wildman–Crippen LogP) is 4.73. The maximum atomic E-state index is 14.5. The molecule has 2 aromatic carbocycles. The molecular weight excluding hydrogens is 451 g/mol. The van der Waals surface area contributed by atoms with Gasteiger partial charge in [-0.2, -0.15) is 4.83 Å². The number of amides is 3. The molecule has 1 aliphatic heterocycles. The lowest BCUT2D eigenvalue weighted by Gasteiger charge is -2.23. The summed E-state index contributed by atoms with van der Waals surface area (Å²) in [4.78, 5) is 31.1. The predicted molar refractivity (Wildman–Crippen MR) is 128 cm³/mol. The molecule has 1 saturated heterocycles. The van der Waals surface area contributed by atoms with Crippen molar-refractivity contribution in [1.29, 1.82) is 0 Å². The number of benzene rings is 2. The molecule has 3 amide bonds. The first-order valence-corrected chi connectivity index (χ1v) is 11.9. The lowest BCUT2D eigenvalue weighted by atomic mass is 10.0. The highest BCUT2D eigenvalue weighted by Crippen LogP contribution is 2.28. The summed E-state index contributed by atoms with van der Waals surface area (Å²) in [5.41, 5.74) is 4.99. The van der Waals surface area contributed by atoms with Crippen molar-refractivity contribution in [3.8, 4) is 11.1 Å². The van der Waals surface area contributed by atoms with Gasteiger partial charge >= 0.3 is 6.03 Å². The number of nitrogens with zero attached hydrogens (tertiary/aromatic N) is 2. The van der Waals surface area contributed by atoms with Crippen LogP contribution in [0.25, 0.3) is 11.1 Å². The molecule has 1 unspecified atom stereocenters. The topological polar surface area (TPSA) is 64.7 Å². The van der Waals surface area contributed by atoms with Crippen LogP contribution in [0.4, 0.5) is 9.18 Å². The van der Waals surface area contributed by atoms with Gasteiger partial charge in [0.2, 0.25) is 0 Å².